The monoisotopic (exact) mass is 156 g/mol. The molecule has 0 bridgehead atoms. The van der Waals surface area contributed by atoms with Gasteiger partial charge in [-0.2, -0.15) is 0 Å². The zero-order valence-corrected chi connectivity index (χ0v) is 6.62. The highest BCUT2D eigenvalue weighted by atomic mass is 16.4. The Morgan fingerprint density at radius 1 is 1.73 bits per heavy atom. The highest BCUT2D eigenvalue weighted by molar-refractivity contribution is 5.73. The molecule has 1 radical (unpaired) electrons. The van der Waals surface area contributed by atoms with E-state index in [0.717, 1.165) is 32.4 Å². The number of likely N-dealkylation sites (tertiary alicyclic amines) is 1. The number of hydrogen-bond acceptors (Lipinski definition) is 2. The first-order valence-electron chi connectivity index (χ1n) is 4.02. The molecule has 1 aliphatic rings. The Bertz CT molecular complexity index is 147. The number of hydrogen-bond donors (Lipinski definition) is 1. The van der Waals surface area contributed by atoms with E-state index in [2.05, 4.69) is 6.92 Å². The predicted molar refractivity (Wildman–Crippen MR) is 42.2 cm³/mol. The van der Waals surface area contributed by atoms with E-state index in [1.165, 1.54) is 0 Å². The summed E-state index contributed by atoms with van der Waals surface area (Å²) >= 11 is 0. The van der Waals surface area contributed by atoms with E-state index >= 15 is 0 Å². The lowest BCUT2D eigenvalue weighted by molar-refractivity contribution is -0.142. The van der Waals surface area contributed by atoms with Gasteiger partial charge in [0.2, 0.25) is 0 Å². The van der Waals surface area contributed by atoms with Crippen molar-refractivity contribution in [1.82, 2.24) is 4.90 Å². The van der Waals surface area contributed by atoms with Gasteiger partial charge in [0.15, 0.2) is 0 Å². The van der Waals surface area contributed by atoms with Crippen LogP contribution < -0.4 is 0 Å². The van der Waals surface area contributed by atoms with Crippen LogP contribution in [0.2, 0.25) is 0 Å². The van der Waals surface area contributed by atoms with Gasteiger partial charge >= 0.3 is 5.97 Å². The van der Waals surface area contributed by atoms with Crippen molar-refractivity contribution >= 4 is 5.97 Å². The summed E-state index contributed by atoms with van der Waals surface area (Å²) in [6, 6.07) is -0.239. The van der Waals surface area contributed by atoms with Crippen LogP contribution >= 0.6 is 0 Å². The maximum Gasteiger partial charge on any atom is 0.320 e. The fraction of sp³-hybridized carbons (Fsp3) is 0.750. The third-order valence-electron chi connectivity index (χ3n) is 2.09. The zero-order valence-electron chi connectivity index (χ0n) is 6.62. The molecule has 3 nitrogen and oxygen atoms in total. The van der Waals surface area contributed by atoms with Crippen LogP contribution in [0.25, 0.3) is 0 Å². The lowest BCUT2D eigenvalue weighted by Crippen LogP contribution is -2.36. The first kappa shape index (κ1) is 8.53. The van der Waals surface area contributed by atoms with Gasteiger partial charge in [0.05, 0.1) is 0 Å². The minimum Gasteiger partial charge on any atom is -0.480 e. The molecule has 63 valence electrons. The molecule has 0 aliphatic carbocycles. The van der Waals surface area contributed by atoms with Crippen molar-refractivity contribution in [3.63, 3.8) is 0 Å². The lowest BCUT2D eigenvalue weighted by Gasteiger charge is -2.19. The summed E-state index contributed by atoms with van der Waals surface area (Å²) in [5.41, 5.74) is 0. The second-order valence-corrected chi connectivity index (χ2v) is 2.89. The van der Waals surface area contributed by atoms with Crippen LogP contribution in [0.3, 0.4) is 0 Å². The van der Waals surface area contributed by atoms with E-state index in [-0.39, 0.29) is 6.04 Å². The third-order valence-corrected chi connectivity index (χ3v) is 2.09. The Labute approximate surface area is 67.0 Å². The molecule has 1 aliphatic heterocycles. The second-order valence-electron chi connectivity index (χ2n) is 2.89. The minimum atomic E-state index is -0.684. The molecule has 1 saturated heterocycles. The van der Waals surface area contributed by atoms with Crippen molar-refractivity contribution in [2.75, 3.05) is 13.1 Å². The van der Waals surface area contributed by atoms with Gasteiger partial charge in [0.1, 0.15) is 6.04 Å². The summed E-state index contributed by atoms with van der Waals surface area (Å²) in [5, 5.41) is 8.75. The Morgan fingerprint density at radius 3 is 3.00 bits per heavy atom. The van der Waals surface area contributed by atoms with Crippen LogP contribution in [0, 0.1) is 6.92 Å². The van der Waals surface area contributed by atoms with Crippen LogP contribution in [0.4, 0.5) is 0 Å². The minimum absolute atomic E-state index is 0.239. The molecule has 1 heterocycles. The number of carbonyl (C=O) groups is 1. The van der Waals surface area contributed by atoms with Gasteiger partial charge in [-0.05, 0) is 32.4 Å². The highest BCUT2D eigenvalue weighted by Gasteiger charge is 2.29. The van der Waals surface area contributed by atoms with Crippen LogP contribution in [0.1, 0.15) is 19.3 Å². The number of carboxylic acids is 1. The molecule has 0 aromatic rings. The van der Waals surface area contributed by atoms with Gasteiger partial charge in [-0.25, -0.2) is 0 Å². The van der Waals surface area contributed by atoms with Crippen molar-refractivity contribution in [3.05, 3.63) is 6.92 Å². The standard InChI is InChI=1S/C8H14NO2/c1-2-5-9-6-3-4-7(9)8(10)11/h7H,1-6H2,(H,10,11). The summed E-state index contributed by atoms with van der Waals surface area (Å²) in [5.74, 6) is -0.684. The van der Waals surface area contributed by atoms with Crippen molar-refractivity contribution in [2.24, 2.45) is 0 Å². The summed E-state index contributed by atoms with van der Waals surface area (Å²) in [7, 11) is 0. The summed E-state index contributed by atoms with van der Waals surface area (Å²) in [4.78, 5) is 12.6. The SMILES string of the molecule is [CH2]CCN1CCCC1C(=O)O. The molecule has 1 atom stereocenters. The molecule has 1 rings (SSSR count). The quantitative estimate of drug-likeness (QED) is 0.655. The van der Waals surface area contributed by atoms with Crippen LogP contribution in [-0.2, 0) is 4.79 Å². The molecule has 0 saturated carbocycles. The molecule has 0 amide bonds. The van der Waals surface area contributed by atoms with Gasteiger partial charge in [-0.15, -0.1) is 0 Å². The Hall–Kier alpha value is -0.570. The van der Waals surface area contributed by atoms with Gasteiger partial charge in [0, 0.05) is 0 Å². The predicted octanol–water partition coefficient (Wildman–Crippen LogP) is 0.760. The molecule has 0 spiro atoms. The van der Waals surface area contributed by atoms with E-state index in [9.17, 15) is 4.79 Å². The number of carboxylic acid groups (broad SMARTS) is 1. The molecular formula is C8H14NO2. The van der Waals surface area contributed by atoms with Crippen molar-refractivity contribution in [1.29, 1.82) is 0 Å². The fourth-order valence-electron chi connectivity index (χ4n) is 1.58. The summed E-state index contributed by atoms with van der Waals surface area (Å²) < 4.78 is 0. The first-order valence-corrected chi connectivity index (χ1v) is 4.02. The molecule has 11 heavy (non-hydrogen) atoms. The molecular weight excluding hydrogens is 142 g/mol. The number of aliphatic carboxylic acids is 1. The molecule has 0 aromatic heterocycles. The van der Waals surface area contributed by atoms with Crippen LogP contribution in [0.15, 0.2) is 0 Å². The van der Waals surface area contributed by atoms with Gasteiger partial charge in [-0.3, -0.25) is 9.69 Å². The number of nitrogens with zero attached hydrogens (tertiary/aromatic N) is 1. The second kappa shape index (κ2) is 3.72. The average Bonchev–Trinajstić information content (AvgIpc) is 2.36. The molecule has 1 fully saturated rings. The molecule has 0 aromatic carbocycles. The smallest absolute Gasteiger partial charge is 0.320 e. The zero-order chi connectivity index (χ0) is 8.27. The topological polar surface area (TPSA) is 40.5 Å². The largest absolute Gasteiger partial charge is 0.480 e. The van der Waals surface area contributed by atoms with Gasteiger partial charge < -0.3 is 5.11 Å². The number of rotatable bonds is 3. The average molecular weight is 156 g/mol. The van der Waals surface area contributed by atoms with Gasteiger partial charge in [-0.1, -0.05) is 6.92 Å². The maximum absolute atomic E-state index is 10.6. The third kappa shape index (κ3) is 1.93. The summed E-state index contributed by atoms with van der Waals surface area (Å²) in [6.45, 7) is 5.45. The van der Waals surface area contributed by atoms with Gasteiger partial charge in [0.25, 0.3) is 0 Å². The molecule has 3 heteroatoms. The lowest BCUT2D eigenvalue weighted by atomic mass is 10.2. The highest BCUT2D eigenvalue weighted by Crippen LogP contribution is 2.16. The van der Waals surface area contributed by atoms with E-state index < -0.39 is 5.97 Å². The Morgan fingerprint density at radius 2 is 2.45 bits per heavy atom. The van der Waals surface area contributed by atoms with E-state index in [1.54, 1.807) is 0 Å². The summed E-state index contributed by atoms with van der Waals surface area (Å²) in [6.07, 6.45) is 2.61. The Balaban J connectivity index is 2.44. The first-order chi connectivity index (χ1) is 5.25. The normalized spacial score (nSPS) is 25.7. The van der Waals surface area contributed by atoms with Crippen molar-refractivity contribution in [2.45, 2.75) is 25.3 Å². The van der Waals surface area contributed by atoms with Crippen LogP contribution in [-0.4, -0.2) is 35.1 Å². The maximum atomic E-state index is 10.6. The van der Waals surface area contributed by atoms with Crippen LogP contribution in [0.5, 0.6) is 0 Å². The van der Waals surface area contributed by atoms with E-state index in [1.807, 2.05) is 4.90 Å². The van der Waals surface area contributed by atoms with Crippen molar-refractivity contribution in [3.8, 4) is 0 Å². The Kier molecular flexibility index (Phi) is 2.88. The van der Waals surface area contributed by atoms with E-state index in [4.69, 9.17) is 5.11 Å². The molecule has 1 unspecified atom stereocenters. The van der Waals surface area contributed by atoms with Crippen molar-refractivity contribution < 1.29 is 9.90 Å². The fourth-order valence-corrected chi connectivity index (χ4v) is 1.58. The van der Waals surface area contributed by atoms with E-state index in [0.29, 0.717) is 0 Å². The molecule has 1 N–H and O–H groups in total.